The van der Waals surface area contributed by atoms with Gasteiger partial charge in [0.1, 0.15) is 11.6 Å². The predicted molar refractivity (Wildman–Crippen MR) is 77.5 cm³/mol. The summed E-state index contributed by atoms with van der Waals surface area (Å²) in [6, 6.07) is 2.21. The molecule has 0 aliphatic rings. The highest BCUT2D eigenvalue weighted by molar-refractivity contribution is 7.84. The molecule has 0 fully saturated rings. The van der Waals surface area contributed by atoms with Crippen molar-refractivity contribution in [3.63, 3.8) is 0 Å². The normalized spacial score (nSPS) is 11.9. The van der Waals surface area contributed by atoms with E-state index in [2.05, 4.69) is 21.6 Å². The van der Waals surface area contributed by atoms with Gasteiger partial charge in [0.25, 0.3) is 0 Å². The summed E-state index contributed by atoms with van der Waals surface area (Å²) < 4.78 is 11.0. The van der Waals surface area contributed by atoms with Crippen LogP contribution in [-0.2, 0) is 23.6 Å². The summed E-state index contributed by atoms with van der Waals surface area (Å²) in [4.78, 5) is 0. The fourth-order valence-corrected chi connectivity index (χ4v) is 2.45. The van der Waals surface area contributed by atoms with Gasteiger partial charge in [0.2, 0.25) is 0 Å². The number of anilines is 1. The SMILES string of the molecule is CCc1nnc(NCCCS(C)=O)c(C#N)c1CC. The van der Waals surface area contributed by atoms with E-state index in [4.69, 9.17) is 0 Å². The van der Waals surface area contributed by atoms with Crippen LogP contribution < -0.4 is 5.32 Å². The van der Waals surface area contributed by atoms with Crippen molar-refractivity contribution in [2.24, 2.45) is 0 Å². The Morgan fingerprint density at radius 3 is 2.58 bits per heavy atom. The molecule has 0 spiro atoms. The number of rotatable bonds is 7. The molecule has 0 amide bonds. The first-order chi connectivity index (χ1) is 9.13. The quantitative estimate of drug-likeness (QED) is 0.768. The van der Waals surface area contributed by atoms with E-state index in [0.717, 1.165) is 30.5 Å². The molecule has 1 aromatic rings. The van der Waals surface area contributed by atoms with Crippen LogP contribution in [0.15, 0.2) is 0 Å². The third kappa shape index (κ3) is 4.28. The van der Waals surface area contributed by atoms with Crippen LogP contribution in [0.4, 0.5) is 5.82 Å². The van der Waals surface area contributed by atoms with E-state index < -0.39 is 10.8 Å². The molecular formula is C13H20N4OS. The van der Waals surface area contributed by atoms with Gasteiger partial charge in [-0.15, -0.1) is 5.10 Å². The zero-order valence-corrected chi connectivity index (χ0v) is 12.5. The Morgan fingerprint density at radius 2 is 2.05 bits per heavy atom. The summed E-state index contributed by atoms with van der Waals surface area (Å²) in [5.74, 6) is 1.19. The molecule has 1 heterocycles. The second-order valence-corrected chi connectivity index (χ2v) is 5.78. The van der Waals surface area contributed by atoms with E-state index in [1.54, 1.807) is 6.26 Å². The third-order valence-corrected chi connectivity index (χ3v) is 3.72. The minimum absolute atomic E-state index is 0.540. The summed E-state index contributed by atoms with van der Waals surface area (Å²) in [6.07, 6.45) is 4.02. The monoisotopic (exact) mass is 280 g/mol. The first kappa shape index (κ1) is 15.6. The van der Waals surface area contributed by atoms with Gasteiger partial charge < -0.3 is 5.32 Å². The number of nitrogens with one attached hydrogen (secondary N) is 1. The standard InChI is InChI=1S/C13H20N4OS/c1-4-10-11(9-14)13(17-16-12(10)5-2)15-7-6-8-19(3)18/h4-8H2,1-3H3,(H,15,17). The summed E-state index contributed by atoms with van der Waals surface area (Å²) in [5, 5.41) is 20.7. The van der Waals surface area contributed by atoms with E-state index in [0.29, 0.717) is 23.7 Å². The van der Waals surface area contributed by atoms with Crippen molar-refractivity contribution >= 4 is 16.6 Å². The lowest BCUT2D eigenvalue weighted by Gasteiger charge is -2.11. The van der Waals surface area contributed by atoms with Crippen molar-refractivity contribution in [2.75, 3.05) is 23.9 Å². The molecule has 1 aromatic heterocycles. The molecule has 0 bridgehead atoms. The number of aromatic nitrogens is 2. The molecule has 0 aliphatic carbocycles. The van der Waals surface area contributed by atoms with Gasteiger partial charge in [0, 0.05) is 29.4 Å². The number of aryl methyl sites for hydroxylation is 1. The maximum absolute atomic E-state index is 11.0. The molecule has 1 N–H and O–H groups in total. The lowest BCUT2D eigenvalue weighted by Crippen LogP contribution is -2.12. The minimum Gasteiger partial charge on any atom is -0.367 e. The first-order valence-corrected chi connectivity index (χ1v) is 8.19. The van der Waals surface area contributed by atoms with Gasteiger partial charge >= 0.3 is 0 Å². The van der Waals surface area contributed by atoms with Gasteiger partial charge in [-0.3, -0.25) is 4.21 Å². The smallest absolute Gasteiger partial charge is 0.166 e. The van der Waals surface area contributed by atoms with Crippen LogP contribution in [0, 0.1) is 11.3 Å². The van der Waals surface area contributed by atoms with Crippen LogP contribution in [-0.4, -0.2) is 33.0 Å². The van der Waals surface area contributed by atoms with Crippen molar-refractivity contribution < 1.29 is 4.21 Å². The molecule has 5 nitrogen and oxygen atoms in total. The van der Waals surface area contributed by atoms with Gasteiger partial charge in [0.15, 0.2) is 5.82 Å². The van der Waals surface area contributed by atoms with E-state index in [9.17, 15) is 9.47 Å². The molecule has 1 rings (SSSR count). The van der Waals surface area contributed by atoms with E-state index in [1.165, 1.54) is 0 Å². The highest BCUT2D eigenvalue weighted by Gasteiger charge is 2.13. The van der Waals surface area contributed by atoms with Crippen molar-refractivity contribution in [3.8, 4) is 6.07 Å². The summed E-state index contributed by atoms with van der Waals surface area (Å²) in [6.45, 7) is 4.67. The zero-order chi connectivity index (χ0) is 14.3. The molecule has 1 unspecified atom stereocenters. The number of nitriles is 1. The van der Waals surface area contributed by atoms with Gasteiger partial charge in [-0.25, -0.2) is 0 Å². The molecular weight excluding hydrogens is 260 g/mol. The second kappa shape index (κ2) is 7.85. The number of nitrogens with zero attached hydrogens (tertiary/aromatic N) is 3. The molecule has 6 heteroatoms. The Hall–Kier alpha value is -1.48. The molecule has 0 saturated carbocycles. The Bertz CT molecular complexity index is 496. The van der Waals surface area contributed by atoms with Crippen molar-refractivity contribution in [1.82, 2.24) is 10.2 Å². The van der Waals surface area contributed by atoms with Gasteiger partial charge in [-0.05, 0) is 24.8 Å². The average Bonchev–Trinajstić information content (AvgIpc) is 2.42. The molecule has 19 heavy (non-hydrogen) atoms. The fourth-order valence-electron chi connectivity index (χ4n) is 1.90. The van der Waals surface area contributed by atoms with E-state index >= 15 is 0 Å². The molecule has 104 valence electrons. The maximum Gasteiger partial charge on any atom is 0.166 e. The molecule has 0 saturated heterocycles. The largest absolute Gasteiger partial charge is 0.367 e. The van der Waals surface area contributed by atoms with Gasteiger partial charge in [-0.1, -0.05) is 13.8 Å². The highest BCUT2D eigenvalue weighted by Crippen LogP contribution is 2.19. The first-order valence-electron chi connectivity index (χ1n) is 6.46. The molecule has 0 aromatic carbocycles. The van der Waals surface area contributed by atoms with Crippen molar-refractivity contribution in [1.29, 1.82) is 5.26 Å². The Kier molecular flexibility index (Phi) is 6.43. The van der Waals surface area contributed by atoms with Gasteiger partial charge in [-0.2, -0.15) is 10.4 Å². The highest BCUT2D eigenvalue weighted by atomic mass is 32.2. The lowest BCUT2D eigenvalue weighted by atomic mass is 10.0. The Balaban J connectivity index is 2.84. The summed E-state index contributed by atoms with van der Waals surface area (Å²) >= 11 is 0. The van der Waals surface area contributed by atoms with E-state index in [-0.39, 0.29) is 0 Å². The fraction of sp³-hybridized carbons (Fsp3) is 0.615. The van der Waals surface area contributed by atoms with Crippen LogP contribution in [0.2, 0.25) is 0 Å². The van der Waals surface area contributed by atoms with Crippen LogP contribution in [0.3, 0.4) is 0 Å². The van der Waals surface area contributed by atoms with Crippen molar-refractivity contribution in [3.05, 3.63) is 16.8 Å². The van der Waals surface area contributed by atoms with Crippen LogP contribution in [0.1, 0.15) is 37.1 Å². The third-order valence-electron chi connectivity index (χ3n) is 2.86. The minimum atomic E-state index is -0.783. The second-order valence-electron chi connectivity index (χ2n) is 4.23. The average molecular weight is 280 g/mol. The van der Waals surface area contributed by atoms with Crippen LogP contribution in [0.5, 0.6) is 0 Å². The Morgan fingerprint density at radius 1 is 1.32 bits per heavy atom. The molecule has 1 atom stereocenters. The summed E-state index contributed by atoms with van der Waals surface area (Å²) in [5.41, 5.74) is 2.45. The topological polar surface area (TPSA) is 78.7 Å². The lowest BCUT2D eigenvalue weighted by molar-refractivity contribution is 0.685. The van der Waals surface area contributed by atoms with E-state index in [1.807, 2.05) is 13.8 Å². The molecule has 0 aliphatic heterocycles. The zero-order valence-electron chi connectivity index (χ0n) is 11.7. The number of hydrogen-bond acceptors (Lipinski definition) is 5. The number of hydrogen-bond donors (Lipinski definition) is 1. The molecule has 0 radical (unpaired) electrons. The summed E-state index contributed by atoms with van der Waals surface area (Å²) in [7, 11) is -0.783. The van der Waals surface area contributed by atoms with Crippen LogP contribution in [0.25, 0.3) is 0 Å². The van der Waals surface area contributed by atoms with Crippen molar-refractivity contribution in [2.45, 2.75) is 33.1 Å². The van der Waals surface area contributed by atoms with Crippen LogP contribution >= 0.6 is 0 Å². The maximum atomic E-state index is 11.0. The Labute approximate surface area is 116 Å². The van der Waals surface area contributed by atoms with Gasteiger partial charge in [0.05, 0.1) is 5.69 Å². The predicted octanol–water partition coefficient (Wildman–Crippen LogP) is 1.65.